The number of aliphatic imine (C=N–C) groups is 1. The Labute approximate surface area is 134 Å². The van der Waals surface area contributed by atoms with Crippen LogP contribution in [-0.4, -0.2) is 34.9 Å². The van der Waals surface area contributed by atoms with E-state index in [2.05, 4.69) is 54.6 Å². The summed E-state index contributed by atoms with van der Waals surface area (Å²) in [5.41, 5.74) is 1.70. The first kappa shape index (κ1) is 16.8. The van der Waals surface area contributed by atoms with E-state index in [0.29, 0.717) is 11.5 Å². The molecule has 2 rings (SSSR count). The summed E-state index contributed by atoms with van der Waals surface area (Å²) in [6, 6.07) is 0.553. The number of guanidine groups is 1. The largest absolute Gasteiger partial charge is 0.357 e. The van der Waals surface area contributed by atoms with Gasteiger partial charge in [0, 0.05) is 18.8 Å². The van der Waals surface area contributed by atoms with E-state index in [0.717, 1.165) is 25.6 Å². The molecule has 0 spiro atoms. The van der Waals surface area contributed by atoms with Crippen LogP contribution >= 0.6 is 0 Å². The molecule has 2 N–H and O–H groups in total. The first-order chi connectivity index (χ1) is 10.5. The zero-order valence-electron chi connectivity index (χ0n) is 14.5. The van der Waals surface area contributed by atoms with Gasteiger partial charge in [-0.15, -0.1) is 0 Å². The van der Waals surface area contributed by atoms with Crippen molar-refractivity contribution in [3.8, 4) is 0 Å². The lowest BCUT2D eigenvalue weighted by molar-refractivity contribution is 0.216. The molecule has 5 heteroatoms. The van der Waals surface area contributed by atoms with Crippen LogP contribution in [0.1, 0.15) is 52.0 Å². The van der Waals surface area contributed by atoms with Crippen LogP contribution in [0.15, 0.2) is 17.4 Å². The first-order valence-electron chi connectivity index (χ1n) is 8.52. The fraction of sp³-hybridized carbons (Fsp3) is 0.765. The summed E-state index contributed by atoms with van der Waals surface area (Å²) in [5.74, 6) is 0.941. The number of aryl methyl sites for hydroxylation is 1. The van der Waals surface area contributed by atoms with Gasteiger partial charge in [0.2, 0.25) is 0 Å². The molecule has 1 heterocycles. The number of rotatable bonds is 5. The molecule has 0 unspecified atom stereocenters. The molecule has 0 atom stereocenters. The summed E-state index contributed by atoms with van der Waals surface area (Å²) >= 11 is 0. The number of nitrogens with zero attached hydrogens (tertiary/aromatic N) is 3. The maximum Gasteiger partial charge on any atom is 0.191 e. The van der Waals surface area contributed by atoms with Crippen LogP contribution in [0.2, 0.25) is 0 Å². The Bertz CT molecular complexity index is 479. The van der Waals surface area contributed by atoms with E-state index in [1.807, 2.05) is 10.9 Å². The Morgan fingerprint density at radius 1 is 1.41 bits per heavy atom. The second kappa shape index (κ2) is 7.65. The Morgan fingerprint density at radius 3 is 2.73 bits per heavy atom. The maximum atomic E-state index is 4.68. The van der Waals surface area contributed by atoms with Crippen molar-refractivity contribution in [2.24, 2.45) is 10.4 Å². The summed E-state index contributed by atoms with van der Waals surface area (Å²) in [6.07, 6.45) is 8.98. The van der Waals surface area contributed by atoms with Crippen LogP contribution in [0, 0.1) is 12.3 Å². The highest BCUT2D eigenvalue weighted by atomic mass is 15.3. The molecular weight excluding hydrogens is 274 g/mol. The number of nitrogens with one attached hydrogen (secondary N) is 2. The van der Waals surface area contributed by atoms with Crippen molar-refractivity contribution < 1.29 is 0 Å². The zero-order valence-corrected chi connectivity index (χ0v) is 14.5. The molecule has 0 aromatic carbocycles. The van der Waals surface area contributed by atoms with Crippen molar-refractivity contribution >= 4 is 5.96 Å². The Kier molecular flexibility index (Phi) is 5.86. The number of hydrogen-bond acceptors (Lipinski definition) is 2. The van der Waals surface area contributed by atoms with Gasteiger partial charge in [-0.25, -0.2) is 0 Å². The third kappa shape index (κ3) is 5.35. The average Bonchev–Trinajstić information content (AvgIpc) is 2.87. The van der Waals surface area contributed by atoms with E-state index in [-0.39, 0.29) is 0 Å². The van der Waals surface area contributed by atoms with E-state index in [1.54, 1.807) is 0 Å². The average molecular weight is 305 g/mol. The summed E-state index contributed by atoms with van der Waals surface area (Å²) in [6.45, 7) is 11.4. The first-order valence-corrected chi connectivity index (χ1v) is 8.52. The van der Waals surface area contributed by atoms with Crippen LogP contribution < -0.4 is 10.6 Å². The van der Waals surface area contributed by atoms with Gasteiger partial charge < -0.3 is 10.6 Å². The predicted molar refractivity (Wildman–Crippen MR) is 92.1 cm³/mol. The summed E-state index contributed by atoms with van der Waals surface area (Å²) < 4.78 is 1.95. The quantitative estimate of drug-likeness (QED) is 0.649. The smallest absolute Gasteiger partial charge is 0.191 e. The van der Waals surface area contributed by atoms with E-state index >= 15 is 0 Å². The monoisotopic (exact) mass is 305 g/mol. The molecule has 0 bridgehead atoms. The molecule has 0 radical (unpaired) electrons. The van der Waals surface area contributed by atoms with Crippen molar-refractivity contribution in [3.63, 3.8) is 0 Å². The van der Waals surface area contributed by atoms with Crippen molar-refractivity contribution in [1.82, 2.24) is 20.4 Å². The van der Waals surface area contributed by atoms with E-state index in [4.69, 9.17) is 0 Å². The van der Waals surface area contributed by atoms with Gasteiger partial charge >= 0.3 is 0 Å². The number of hydrogen-bond donors (Lipinski definition) is 2. The van der Waals surface area contributed by atoms with Gasteiger partial charge in [-0.05, 0) is 50.5 Å². The van der Waals surface area contributed by atoms with Crippen LogP contribution in [0.5, 0.6) is 0 Å². The summed E-state index contributed by atoms with van der Waals surface area (Å²) in [7, 11) is 0. The second-order valence-corrected chi connectivity index (χ2v) is 7.12. The zero-order chi connectivity index (χ0) is 16.0. The molecular formula is C17H31N5. The van der Waals surface area contributed by atoms with Gasteiger partial charge in [-0.1, -0.05) is 13.8 Å². The molecule has 1 aromatic rings. The summed E-state index contributed by atoms with van der Waals surface area (Å²) in [5, 5.41) is 11.2. The van der Waals surface area contributed by atoms with Crippen molar-refractivity contribution in [2.45, 2.75) is 66.0 Å². The Balaban J connectivity index is 1.82. The normalized spacial score (nSPS) is 19.2. The highest BCUT2D eigenvalue weighted by Gasteiger charge is 2.27. The van der Waals surface area contributed by atoms with Gasteiger partial charge in [0.15, 0.2) is 5.96 Å². The third-order valence-corrected chi connectivity index (χ3v) is 4.39. The standard InChI is InChI=1S/C17H31N5/c1-5-18-16(19-10-11-22-13-14(2)12-20-22)21-15-6-8-17(3,4)9-7-15/h12-13,15H,5-11H2,1-4H3,(H2,18,19,21). The van der Waals surface area contributed by atoms with E-state index < -0.39 is 0 Å². The molecule has 1 aromatic heterocycles. The minimum absolute atomic E-state index is 0.506. The SMILES string of the molecule is CCNC(=NCCn1cc(C)cn1)NC1CCC(C)(C)CC1. The summed E-state index contributed by atoms with van der Waals surface area (Å²) in [4.78, 5) is 4.68. The maximum absolute atomic E-state index is 4.68. The van der Waals surface area contributed by atoms with Crippen LogP contribution in [0.4, 0.5) is 0 Å². The van der Waals surface area contributed by atoms with Gasteiger partial charge in [-0.3, -0.25) is 9.67 Å². The van der Waals surface area contributed by atoms with Crippen molar-refractivity contribution in [2.75, 3.05) is 13.1 Å². The molecule has 1 aliphatic carbocycles. The lowest BCUT2D eigenvalue weighted by atomic mass is 9.75. The lowest BCUT2D eigenvalue weighted by Gasteiger charge is -2.35. The molecule has 0 amide bonds. The molecule has 5 nitrogen and oxygen atoms in total. The second-order valence-electron chi connectivity index (χ2n) is 7.12. The predicted octanol–water partition coefficient (Wildman–Crippen LogP) is 2.72. The van der Waals surface area contributed by atoms with Crippen molar-refractivity contribution in [3.05, 3.63) is 18.0 Å². The molecule has 0 aliphatic heterocycles. The molecule has 1 fully saturated rings. The fourth-order valence-electron chi connectivity index (χ4n) is 2.91. The fourth-order valence-corrected chi connectivity index (χ4v) is 2.91. The molecule has 22 heavy (non-hydrogen) atoms. The van der Waals surface area contributed by atoms with Gasteiger partial charge in [0.25, 0.3) is 0 Å². The molecule has 0 saturated heterocycles. The van der Waals surface area contributed by atoms with Gasteiger partial charge in [0.05, 0.1) is 19.3 Å². The molecule has 1 aliphatic rings. The topological polar surface area (TPSA) is 54.2 Å². The lowest BCUT2D eigenvalue weighted by Crippen LogP contribution is -2.45. The highest BCUT2D eigenvalue weighted by Crippen LogP contribution is 2.34. The minimum atomic E-state index is 0.506. The van der Waals surface area contributed by atoms with E-state index in [9.17, 15) is 0 Å². The van der Waals surface area contributed by atoms with Crippen LogP contribution in [-0.2, 0) is 6.54 Å². The Hall–Kier alpha value is -1.52. The van der Waals surface area contributed by atoms with E-state index in [1.165, 1.54) is 31.2 Å². The Morgan fingerprint density at radius 2 is 2.14 bits per heavy atom. The minimum Gasteiger partial charge on any atom is -0.357 e. The molecule has 1 saturated carbocycles. The van der Waals surface area contributed by atoms with Gasteiger partial charge in [-0.2, -0.15) is 5.10 Å². The highest BCUT2D eigenvalue weighted by molar-refractivity contribution is 5.80. The number of aromatic nitrogens is 2. The van der Waals surface area contributed by atoms with Crippen molar-refractivity contribution in [1.29, 1.82) is 0 Å². The van der Waals surface area contributed by atoms with Gasteiger partial charge in [0.1, 0.15) is 0 Å². The molecule has 124 valence electrons. The third-order valence-electron chi connectivity index (χ3n) is 4.39. The van der Waals surface area contributed by atoms with Crippen LogP contribution in [0.3, 0.4) is 0 Å². The van der Waals surface area contributed by atoms with Crippen LogP contribution in [0.25, 0.3) is 0 Å².